The lowest BCUT2D eigenvalue weighted by atomic mass is 10.3. The summed E-state index contributed by atoms with van der Waals surface area (Å²) in [6.45, 7) is 2.72. The van der Waals surface area contributed by atoms with E-state index >= 15 is 0 Å². The van der Waals surface area contributed by atoms with Gasteiger partial charge in [-0.3, -0.25) is 9.79 Å². The molecule has 1 rings (SSSR count). The molecule has 17 heavy (non-hydrogen) atoms. The maximum Gasteiger partial charge on any atom is 0.224 e. The summed E-state index contributed by atoms with van der Waals surface area (Å²) in [6, 6.07) is 0. The third-order valence-corrected chi connectivity index (χ3v) is 2.21. The maximum absolute atomic E-state index is 11.7. The molecule has 0 radical (unpaired) electrons. The Hall–Kier alpha value is -1.83. The Balaban J connectivity index is 2.30. The monoisotopic (exact) mass is 242 g/mol. The van der Waals surface area contributed by atoms with Gasteiger partial charge < -0.3 is 26.8 Å². The van der Waals surface area contributed by atoms with Gasteiger partial charge in [0, 0.05) is 19.5 Å². The van der Waals surface area contributed by atoms with E-state index in [1.165, 1.54) is 0 Å². The first-order valence-electron chi connectivity index (χ1n) is 5.34. The lowest BCUT2D eigenvalue weighted by Crippen LogP contribution is -2.40. The topological polar surface area (TPSA) is 132 Å². The highest BCUT2D eigenvalue weighted by atomic mass is 16.5. The van der Waals surface area contributed by atoms with E-state index in [2.05, 4.69) is 9.98 Å². The van der Waals surface area contributed by atoms with E-state index in [-0.39, 0.29) is 24.4 Å². The molecular formula is C9H18N6O2. The molecule has 0 bridgehead atoms. The van der Waals surface area contributed by atoms with Crippen molar-refractivity contribution in [2.24, 2.45) is 27.2 Å². The molecule has 1 amide bonds. The van der Waals surface area contributed by atoms with E-state index in [1.54, 1.807) is 4.90 Å². The molecule has 6 N–H and O–H groups in total. The second-order valence-corrected chi connectivity index (χ2v) is 3.52. The van der Waals surface area contributed by atoms with Crippen LogP contribution < -0.4 is 17.2 Å². The molecule has 0 unspecified atom stereocenters. The Labute approximate surface area is 99.5 Å². The van der Waals surface area contributed by atoms with Gasteiger partial charge >= 0.3 is 0 Å². The van der Waals surface area contributed by atoms with E-state index in [0.717, 1.165) is 0 Å². The highest BCUT2D eigenvalue weighted by Gasteiger charge is 2.15. The van der Waals surface area contributed by atoms with Crippen LogP contribution in [0.3, 0.4) is 0 Å². The van der Waals surface area contributed by atoms with Crippen LogP contribution in [0.5, 0.6) is 0 Å². The van der Waals surface area contributed by atoms with E-state index in [1.807, 2.05) is 0 Å². The maximum atomic E-state index is 11.7. The summed E-state index contributed by atoms with van der Waals surface area (Å²) < 4.78 is 5.15. The molecule has 1 aliphatic rings. The fourth-order valence-electron chi connectivity index (χ4n) is 1.40. The summed E-state index contributed by atoms with van der Waals surface area (Å²) in [5.74, 6) is -0.125. The number of ether oxygens (including phenoxy) is 1. The van der Waals surface area contributed by atoms with Crippen LogP contribution in [0.15, 0.2) is 9.98 Å². The Kier molecular flexibility index (Phi) is 5.21. The molecule has 1 heterocycles. The summed E-state index contributed by atoms with van der Waals surface area (Å²) in [7, 11) is 0. The van der Waals surface area contributed by atoms with Gasteiger partial charge in [0.25, 0.3) is 0 Å². The van der Waals surface area contributed by atoms with Crippen molar-refractivity contribution in [1.82, 2.24) is 4.90 Å². The molecule has 0 aromatic rings. The minimum absolute atomic E-state index is 0.0141. The number of aliphatic imine (C=N–C) groups is 2. The van der Waals surface area contributed by atoms with Crippen molar-refractivity contribution >= 4 is 17.8 Å². The van der Waals surface area contributed by atoms with Crippen LogP contribution in [0.25, 0.3) is 0 Å². The van der Waals surface area contributed by atoms with Crippen LogP contribution in [-0.4, -0.2) is 55.6 Å². The van der Waals surface area contributed by atoms with Gasteiger partial charge in [0.05, 0.1) is 19.8 Å². The zero-order chi connectivity index (χ0) is 12.7. The molecule has 1 saturated heterocycles. The summed E-state index contributed by atoms with van der Waals surface area (Å²) in [4.78, 5) is 20.8. The first-order chi connectivity index (χ1) is 8.09. The van der Waals surface area contributed by atoms with Gasteiger partial charge in [-0.05, 0) is 0 Å². The fraction of sp³-hybridized carbons (Fsp3) is 0.667. The first kappa shape index (κ1) is 13.2. The van der Waals surface area contributed by atoms with Crippen LogP contribution in [-0.2, 0) is 9.53 Å². The van der Waals surface area contributed by atoms with Crippen LogP contribution in [0.4, 0.5) is 0 Å². The molecular weight excluding hydrogens is 224 g/mol. The highest BCUT2D eigenvalue weighted by molar-refractivity contribution is 5.92. The number of carbonyl (C=O) groups excluding carboxylic acids is 1. The van der Waals surface area contributed by atoms with Gasteiger partial charge in [-0.2, -0.15) is 4.99 Å². The zero-order valence-electron chi connectivity index (χ0n) is 9.63. The van der Waals surface area contributed by atoms with E-state index in [9.17, 15) is 4.79 Å². The third kappa shape index (κ3) is 5.16. The van der Waals surface area contributed by atoms with Crippen molar-refractivity contribution in [3.63, 3.8) is 0 Å². The second kappa shape index (κ2) is 6.69. The average molecular weight is 242 g/mol. The molecule has 1 fully saturated rings. The largest absolute Gasteiger partial charge is 0.378 e. The lowest BCUT2D eigenvalue weighted by Gasteiger charge is -2.26. The second-order valence-electron chi connectivity index (χ2n) is 3.52. The molecule has 8 nitrogen and oxygen atoms in total. The lowest BCUT2D eigenvalue weighted by molar-refractivity contribution is -0.135. The Bertz CT molecular complexity index is 317. The van der Waals surface area contributed by atoms with Crippen molar-refractivity contribution in [3.05, 3.63) is 0 Å². The predicted octanol–water partition coefficient (Wildman–Crippen LogP) is -2.18. The molecule has 0 saturated carbocycles. The van der Waals surface area contributed by atoms with Crippen molar-refractivity contribution in [1.29, 1.82) is 0 Å². The third-order valence-electron chi connectivity index (χ3n) is 2.21. The Morgan fingerprint density at radius 1 is 1.24 bits per heavy atom. The molecule has 96 valence electrons. The summed E-state index contributed by atoms with van der Waals surface area (Å²) in [6.07, 6.45) is 0.292. The first-order valence-corrected chi connectivity index (χ1v) is 5.34. The number of guanidine groups is 2. The van der Waals surface area contributed by atoms with E-state index in [4.69, 9.17) is 21.9 Å². The standard InChI is InChI=1S/C9H18N6O2/c10-8(11)14-9(12)13-2-1-7(16)15-3-5-17-6-4-15/h1-6H2,(H6,10,11,12,13,14). The number of hydrogen-bond donors (Lipinski definition) is 3. The van der Waals surface area contributed by atoms with Gasteiger partial charge in [-0.15, -0.1) is 0 Å². The molecule has 0 atom stereocenters. The van der Waals surface area contributed by atoms with Gasteiger partial charge in [0.1, 0.15) is 0 Å². The smallest absolute Gasteiger partial charge is 0.224 e. The number of nitrogens with zero attached hydrogens (tertiary/aromatic N) is 3. The van der Waals surface area contributed by atoms with Crippen LogP contribution in [0.1, 0.15) is 6.42 Å². The zero-order valence-corrected chi connectivity index (χ0v) is 9.63. The summed E-state index contributed by atoms with van der Waals surface area (Å²) in [5.41, 5.74) is 15.6. The minimum atomic E-state index is -0.147. The van der Waals surface area contributed by atoms with Crippen molar-refractivity contribution in [3.8, 4) is 0 Å². The Morgan fingerprint density at radius 3 is 2.47 bits per heavy atom. The molecule has 0 spiro atoms. The van der Waals surface area contributed by atoms with Crippen LogP contribution in [0, 0.1) is 0 Å². The van der Waals surface area contributed by atoms with Gasteiger partial charge in [-0.25, -0.2) is 0 Å². The number of amides is 1. The van der Waals surface area contributed by atoms with Crippen molar-refractivity contribution in [2.75, 3.05) is 32.8 Å². The predicted molar refractivity (Wildman–Crippen MR) is 64.3 cm³/mol. The van der Waals surface area contributed by atoms with Gasteiger partial charge in [0.15, 0.2) is 5.96 Å². The van der Waals surface area contributed by atoms with Crippen molar-refractivity contribution in [2.45, 2.75) is 6.42 Å². The van der Waals surface area contributed by atoms with Gasteiger partial charge in [-0.1, -0.05) is 0 Å². The summed E-state index contributed by atoms with van der Waals surface area (Å²) in [5, 5.41) is 0. The SMILES string of the molecule is NC(N)=NC(N)=NCCC(=O)N1CCOCC1. The van der Waals surface area contributed by atoms with Gasteiger partial charge in [0.2, 0.25) is 11.9 Å². The molecule has 0 aliphatic carbocycles. The van der Waals surface area contributed by atoms with E-state index < -0.39 is 0 Å². The summed E-state index contributed by atoms with van der Waals surface area (Å²) >= 11 is 0. The number of hydrogen-bond acceptors (Lipinski definition) is 3. The molecule has 0 aromatic carbocycles. The van der Waals surface area contributed by atoms with Crippen LogP contribution in [0.2, 0.25) is 0 Å². The van der Waals surface area contributed by atoms with E-state index in [0.29, 0.717) is 32.7 Å². The Morgan fingerprint density at radius 2 is 1.88 bits per heavy atom. The number of nitrogens with two attached hydrogens (primary N) is 3. The minimum Gasteiger partial charge on any atom is -0.378 e. The van der Waals surface area contributed by atoms with Crippen LogP contribution >= 0.6 is 0 Å². The van der Waals surface area contributed by atoms with Crippen molar-refractivity contribution < 1.29 is 9.53 Å². The molecule has 8 heteroatoms. The number of rotatable bonds is 3. The number of carbonyl (C=O) groups is 1. The molecule has 1 aliphatic heterocycles. The number of morpholine rings is 1. The molecule has 0 aromatic heterocycles. The highest BCUT2D eigenvalue weighted by Crippen LogP contribution is 2.00. The normalized spacial score (nSPS) is 16.7. The fourth-order valence-corrected chi connectivity index (χ4v) is 1.40. The quantitative estimate of drug-likeness (QED) is 0.382. The average Bonchev–Trinajstić information content (AvgIpc) is 2.29.